The van der Waals surface area contributed by atoms with Crippen LogP contribution in [-0.4, -0.2) is 0 Å². The Labute approximate surface area is 354 Å². The molecule has 0 saturated heterocycles. The van der Waals surface area contributed by atoms with Crippen LogP contribution in [0.4, 0.5) is 17.1 Å². The summed E-state index contributed by atoms with van der Waals surface area (Å²) in [6.45, 7) is 0. The average Bonchev–Trinajstić information content (AvgIpc) is 3.72. The third-order valence-corrected chi connectivity index (χ3v) is 12.9. The Morgan fingerprint density at radius 2 is 0.833 bits per heavy atom. The first-order valence-corrected chi connectivity index (χ1v) is 21.3. The highest BCUT2D eigenvalue weighted by molar-refractivity contribution is 7.26. The summed E-state index contributed by atoms with van der Waals surface area (Å²) in [7, 11) is 0. The summed E-state index contributed by atoms with van der Waals surface area (Å²) < 4.78 is 2.56. The van der Waals surface area contributed by atoms with E-state index < -0.39 is 0 Å². The van der Waals surface area contributed by atoms with E-state index in [1.807, 2.05) is 11.3 Å². The molecule has 282 valence electrons. The van der Waals surface area contributed by atoms with Gasteiger partial charge in [-0.15, -0.1) is 11.3 Å². The molecule has 60 heavy (non-hydrogen) atoms. The van der Waals surface area contributed by atoms with Crippen LogP contribution in [-0.2, 0) is 0 Å². The first-order chi connectivity index (χ1) is 29.8. The van der Waals surface area contributed by atoms with Crippen molar-refractivity contribution in [2.24, 2.45) is 0 Å². The third-order valence-electron chi connectivity index (χ3n) is 11.7. The third kappa shape index (κ3) is 6.35. The lowest BCUT2D eigenvalue weighted by atomic mass is 9.90. The average molecular weight is 782 g/mol. The van der Waals surface area contributed by atoms with Crippen LogP contribution in [0.5, 0.6) is 0 Å². The number of nitrogens with zero attached hydrogens (tertiary/aromatic N) is 1. The fourth-order valence-corrected chi connectivity index (χ4v) is 10.1. The van der Waals surface area contributed by atoms with Crippen LogP contribution in [0.15, 0.2) is 237 Å². The van der Waals surface area contributed by atoms with Crippen molar-refractivity contribution in [1.29, 1.82) is 0 Å². The van der Waals surface area contributed by atoms with Crippen LogP contribution in [0, 0.1) is 0 Å². The largest absolute Gasteiger partial charge is 0.308 e. The fraction of sp³-hybridized carbons (Fsp3) is 0. The van der Waals surface area contributed by atoms with E-state index in [-0.39, 0.29) is 0 Å². The minimum absolute atomic E-state index is 1.10. The molecule has 0 fully saturated rings. The SMILES string of the molecule is c1ccc(-c2ccc(-c3ccc(N(c4ccccc4-c4cccc5cccc(-c6ccccc6)c45)c4cccc5c4sc4ccccc45)cc3)cc2-c2ccccc2)cc1. The lowest BCUT2D eigenvalue weighted by molar-refractivity contribution is 1.30. The van der Waals surface area contributed by atoms with Gasteiger partial charge in [0.2, 0.25) is 0 Å². The van der Waals surface area contributed by atoms with Crippen molar-refractivity contribution in [3.8, 4) is 55.6 Å². The quantitative estimate of drug-likeness (QED) is 0.148. The van der Waals surface area contributed by atoms with E-state index >= 15 is 0 Å². The van der Waals surface area contributed by atoms with Gasteiger partial charge in [0.15, 0.2) is 0 Å². The summed E-state index contributed by atoms with van der Waals surface area (Å²) in [6.07, 6.45) is 0. The molecule has 0 aliphatic carbocycles. The molecule has 11 rings (SSSR count). The van der Waals surface area contributed by atoms with Crippen molar-refractivity contribution in [3.05, 3.63) is 237 Å². The van der Waals surface area contributed by atoms with Crippen molar-refractivity contribution < 1.29 is 0 Å². The molecular weight excluding hydrogens is 743 g/mol. The summed E-state index contributed by atoms with van der Waals surface area (Å²) in [5, 5.41) is 5.04. The highest BCUT2D eigenvalue weighted by Crippen LogP contribution is 2.49. The molecule has 11 aromatic rings. The second-order valence-electron chi connectivity index (χ2n) is 15.2. The summed E-state index contributed by atoms with van der Waals surface area (Å²) in [4.78, 5) is 2.48. The molecule has 2 heteroatoms. The highest BCUT2D eigenvalue weighted by Gasteiger charge is 2.22. The molecule has 0 spiro atoms. The van der Waals surface area contributed by atoms with Gasteiger partial charge in [-0.05, 0) is 97.2 Å². The molecule has 1 nitrogen and oxygen atoms in total. The van der Waals surface area contributed by atoms with Crippen molar-refractivity contribution >= 4 is 59.3 Å². The van der Waals surface area contributed by atoms with E-state index in [0.29, 0.717) is 0 Å². The molecule has 0 N–H and O–H groups in total. The molecule has 1 aromatic heterocycles. The Balaban J connectivity index is 1.10. The number of thiophene rings is 1. The van der Waals surface area contributed by atoms with Gasteiger partial charge in [0.05, 0.1) is 16.1 Å². The van der Waals surface area contributed by atoms with Crippen LogP contribution in [0.1, 0.15) is 0 Å². The number of para-hydroxylation sites is 1. The van der Waals surface area contributed by atoms with E-state index in [1.165, 1.54) is 86.6 Å². The zero-order chi connectivity index (χ0) is 39.8. The monoisotopic (exact) mass is 781 g/mol. The normalized spacial score (nSPS) is 11.3. The molecule has 0 atom stereocenters. The maximum absolute atomic E-state index is 2.48. The minimum atomic E-state index is 1.10. The Hall–Kier alpha value is -7.52. The zero-order valence-electron chi connectivity index (χ0n) is 32.9. The lowest BCUT2D eigenvalue weighted by Crippen LogP contribution is -2.11. The summed E-state index contributed by atoms with van der Waals surface area (Å²) >= 11 is 1.87. The number of anilines is 3. The van der Waals surface area contributed by atoms with Crippen molar-refractivity contribution in [2.75, 3.05) is 4.90 Å². The molecule has 0 aliphatic heterocycles. The number of hydrogen-bond acceptors (Lipinski definition) is 2. The predicted octanol–water partition coefficient (Wildman–Crippen LogP) is 17.0. The molecule has 0 saturated carbocycles. The van der Waals surface area contributed by atoms with Crippen LogP contribution in [0.2, 0.25) is 0 Å². The zero-order valence-corrected chi connectivity index (χ0v) is 33.7. The predicted molar refractivity (Wildman–Crippen MR) is 259 cm³/mol. The van der Waals surface area contributed by atoms with Crippen molar-refractivity contribution in [1.82, 2.24) is 0 Å². The molecule has 10 aromatic carbocycles. The van der Waals surface area contributed by atoms with Crippen molar-refractivity contribution in [2.45, 2.75) is 0 Å². The van der Waals surface area contributed by atoms with Gasteiger partial charge in [-0.2, -0.15) is 0 Å². The standard InChI is InChI=1S/C58H39NS/c1-4-17-41(18-5-1)47-38-35-45(39-53(47)43-21-8-3-9-22-43)40-33-36-46(37-34-40)59(55-31-16-29-52-50-26-11-13-32-56(50)60-58(52)55)54-30-12-10-25-49(54)51-28-15-24-44-23-14-27-48(57(44)51)42-19-6-2-7-20-42/h1-39H. The first kappa shape index (κ1) is 35.6. The van der Waals surface area contributed by atoms with E-state index in [9.17, 15) is 0 Å². The lowest BCUT2D eigenvalue weighted by Gasteiger charge is -2.29. The summed E-state index contributed by atoms with van der Waals surface area (Å²) in [5.74, 6) is 0. The number of fused-ring (bicyclic) bond motifs is 4. The van der Waals surface area contributed by atoms with Gasteiger partial charge in [-0.1, -0.05) is 200 Å². The fourth-order valence-electron chi connectivity index (χ4n) is 8.89. The highest BCUT2D eigenvalue weighted by atomic mass is 32.1. The summed E-state index contributed by atoms with van der Waals surface area (Å²) in [5.41, 5.74) is 15.4. The van der Waals surface area contributed by atoms with E-state index in [4.69, 9.17) is 0 Å². The second kappa shape index (κ2) is 15.3. The maximum atomic E-state index is 2.48. The molecule has 0 amide bonds. The van der Waals surface area contributed by atoms with Crippen molar-refractivity contribution in [3.63, 3.8) is 0 Å². The molecule has 0 aliphatic rings. The van der Waals surface area contributed by atoms with Gasteiger partial charge in [0.25, 0.3) is 0 Å². The Bertz CT molecular complexity index is 3290. The number of rotatable bonds is 8. The number of hydrogen-bond donors (Lipinski definition) is 0. The van der Waals surface area contributed by atoms with E-state index in [2.05, 4.69) is 241 Å². The summed E-state index contributed by atoms with van der Waals surface area (Å²) in [6, 6.07) is 86.1. The second-order valence-corrected chi connectivity index (χ2v) is 16.3. The van der Waals surface area contributed by atoms with Gasteiger partial charge in [0.1, 0.15) is 0 Å². The molecular formula is C58H39NS. The number of benzene rings is 10. The molecule has 1 heterocycles. The van der Waals surface area contributed by atoms with E-state index in [1.54, 1.807) is 0 Å². The molecule has 0 unspecified atom stereocenters. The van der Waals surface area contributed by atoms with Crippen LogP contribution < -0.4 is 4.90 Å². The van der Waals surface area contributed by atoms with E-state index in [0.717, 1.165) is 17.1 Å². The van der Waals surface area contributed by atoms with Crippen LogP contribution in [0.25, 0.3) is 86.6 Å². The van der Waals surface area contributed by atoms with Gasteiger partial charge in [-0.25, -0.2) is 0 Å². The van der Waals surface area contributed by atoms with Crippen LogP contribution >= 0.6 is 11.3 Å². The smallest absolute Gasteiger partial charge is 0.0640 e. The molecule has 0 radical (unpaired) electrons. The van der Waals surface area contributed by atoms with Gasteiger partial charge in [0, 0.05) is 26.7 Å². The Kier molecular flexibility index (Phi) is 9.11. The van der Waals surface area contributed by atoms with Gasteiger partial charge in [-0.3, -0.25) is 0 Å². The maximum Gasteiger partial charge on any atom is 0.0640 e. The first-order valence-electron chi connectivity index (χ1n) is 20.5. The Morgan fingerprint density at radius 3 is 1.57 bits per heavy atom. The topological polar surface area (TPSA) is 3.24 Å². The Morgan fingerprint density at radius 1 is 0.300 bits per heavy atom. The van der Waals surface area contributed by atoms with Gasteiger partial charge < -0.3 is 4.90 Å². The minimum Gasteiger partial charge on any atom is -0.308 e. The van der Waals surface area contributed by atoms with Gasteiger partial charge >= 0.3 is 0 Å². The molecule has 0 bridgehead atoms. The van der Waals surface area contributed by atoms with Crippen LogP contribution in [0.3, 0.4) is 0 Å².